The van der Waals surface area contributed by atoms with Crippen molar-refractivity contribution in [1.29, 1.82) is 0 Å². The third-order valence-corrected chi connectivity index (χ3v) is 7.48. The molecule has 2 aromatic carbocycles. The Morgan fingerprint density at radius 2 is 1.93 bits per heavy atom. The van der Waals surface area contributed by atoms with Crippen LogP contribution in [0.5, 0.6) is 0 Å². The summed E-state index contributed by atoms with van der Waals surface area (Å²) in [5.74, 6) is 0.126. The highest BCUT2D eigenvalue weighted by molar-refractivity contribution is 7.99. The predicted molar refractivity (Wildman–Crippen MR) is 121 cm³/mol. The average molecular weight is 427 g/mol. The molecule has 4 nitrogen and oxygen atoms in total. The van der Waals surface area contributed by atoms with Crippen LogP contribution >= 0.6 is 11.8 Å². The highest BCUT2D eigenvalue weighted by atomic mass is 32.2. The van der Waals surface area contributed by atoms with Crippen LogP contribution in [-0.2, 0) is 16.8 Å². The van der Waals surface area contributed by atoms with Gasteiger partial charge in [0.15, 0.2) is 0 Å². The molecule has 3 rings (SSSR count). The maximum Gasteiger partial charge on any atom is 0.303 e. The number of hydrogen-bond donors (Lipinski definition) is 2. The monoisotopic (exact) mass is 426 g/mol. The molecule has 1 unspecified atom stereocenters. The Bertz CT molecular complexity index is 896. The Hall–Kier alpha value is -2.11. The van der Waals surface area contributed by atoms with Gasteiger partial charge in [0.25, 0.3) is 0 Å². The molecule has 160 valence electrons. The lowest BCUT2D eigenvalue weighted by atomic mass is 9.91. The molecule has 0 heterocycles. The van der Waals surface area contributed by atoms with Gasteiger partial charge < -0.3 is 10.2 Å². The lowest BCUT2D eigenvalue weighted by Gasteiger charge is -2.26. The summed E-state index contributed by atoms with van der Waals surface area (Å²) < 4.78 is 0. The van der Waals surface area contributed by atoms with E-state index in [9.17, 15) is 19.8 Å². The van der Waals surface area contributed by atoms with Gasteiger partial charge in [0.05, 0.1) is 12.0 Å². The fourth-order valence-electron chi connectivity index (χ4n) is 4.21. The Balaban J connectivity index is 1.71. The van der Waals surface area contributed by atoms with E-state index in [1.165, 1.54) is 0 Å². The highest BCUT2D eigenvalue weighted by Crippen LogP contribution is 2.62. The molecule has 5 heteroatoms. The zero-order valence-corrected chi connectivity index (χ0v) is 18.5. The van der Waals surface area contributed by atoms with Crippen LogP contribution in [0.4, 0.5) is 0 Å². The van der Waals surface area contributed by atoms with Gasteiger partial charge in [-0.2, -0.15) is 11.8 Å². The Labute approximate surface area is 182 Å². The molecular weight excluding hydrogens is 396 g/mol. The molecule has 0 spiro atoms. The number of carbonyl (C=O) groups excluding carboxylic acids is 1. The Kier molecular flexibility index (Phi) is 7.04. The molecule has 2 N–H and O–H groups in total. The van der Waals surface area contributed by atoms with Gasteiger partial charge in [-0.05, 0) is 73.5 Å². The number of aldehydes is 1. The van der Waals surface area contributed by atoms with Crippen molar-refractivity contribution >= 4 is 24.0 Å². The molecule has 1 saturated carbocycles. The highest BCUT2D eigenvalue weighted by Gasteiger charge is 2.51. The number of carbonyl (C=O) groups is 2. The van der Waals surface area contributed by atoms with Crippen LogP contribution < -0.4 is 0 Å². The van der Waals surface area contributed by atoms with Crippen LogP contribution in [0, 0.1) is 5.41 Å². The zero-order chi connectivity index (χ0) is 21.8. The van der Waals surface area contributed by atoms with Crippen LogP contribution in [0.25, 0.3) is 0 Å². The van der Waals surface area contributed by atoms with Crippen LogP contribution in [0.3, 0.4) is 0 Å². The summed E-state index contributed by atoms with van der Waals surface area (Å²) in [5.41, 5.74) is 2.68. The Morgan fingerprint density at radius 3 is 2.57 bits per heavy atom. The summed E-state index contributed by atoms with van der Waals surface area (Å²) in [6, 6.07) is 15.6. The molecule has 1 aliphatic rings. The first-order chi connectivity index (χ1) is 14.2. The van der Waals surface area contributed by atoms with E-state index < -0.39 is 11.6 Å². The van der Waals surface area contributed by atoms with E-state index in [1.54, 1.807) is 31.7 Å². The van der Waals surface area contributed by atoms with E-state index >= 15 is 0 Å². The molecule has 0 aromatic heterocycles. The van der Waals surface area contributed by atoms with E-state index in [4.69, 9.17) is 0 Å². The summed E-state index contributed by atoms with van der Waals surface area (Å²) in [6.07, 6.45) is 4.62. The number of hydrogen-bond acceptors (Lipinski definition) is 4. The van der Waals surface area contributed by atoms with Crippen molar-refractivity contribution < 1.29 is 19.8 Å². The standard InChI is InChI=1S/C25H30O4S/c1-24(2,29)21-11-4-3-8-19(21)10-6-14-30-23(25(12-13-25)16-22(27)28)20-9-5-7-18(15-20)17-26/h3-5,7-9,11,15,17,23,29H,6,10,12-14,16H2,1-2H3,(H,27,28). The minimum atomic E-state index is -0.874. The van der Waals surface area contributed by atoms with Gasteiger partial charge in [0, 0.05) is 10.8 Å². The van der Waals surface area contributed by atoms with Crippen molar-refractivity contribution in [3.8, 4) is 0 Å². The average Bonchev–Trinajstić information content (AvgIpc) is 3.46. The minimum absolute atomic E-state index is 0.0676. The second kappa shape index (κ2) is 9.36. The molecule has 2 aromatic rings. The van der Waals surface area contributed by atoms with Crippen LogP contribution in [-0.4, -0.2) is 28.2 Å². The third-order valence-electron chi connectivity index (χ3n) is 5.85. The molecule has 0 radical (unpaired) electrons. The largest absolute Gasteiger partial charge is 0.481 e. The quantitative estimate of drug-likeness (QED) is 0.372. The molecule has 0 amide bonds. The molecule has 0 aliphatic heterocycles. The van der Waals surface area contributed by atoms with E-state index in [2.05, 4.69) is 6.07 Å². The minimum Gasteiger partial charge on any atom is -0.481 e. The lowest BCUT2D eigenvalue weighted by molar-refractivity contribution is -0.138. The fourth-order valence-corrected chi connectivity index (χ4v) is 5.77. The van der Waals surface area contributed by atoms with Gasteiger partial charge in [-0.3, -0.25) is 9.59 Å². The first-order valence-electron chi connectivity index (χ1n) is 10.4. The number of benzene rings is 2. The maximum absolute atomic E-state index is 11.5. The molecule has 1 aliphatic carbocycles. The van der Waals surface area contributed by atoms with Crippen LogP contribution in [0.1, 0.15) is 71.8 Å². The van der Waals surface area contributed by atoms with Gasteiger partial charge in [0.1, 0.15) is 6.29 Å². The summed E-state index contributed by atoms with van der Waals surface area (Å²) in [4.78, 5) is 22.7. The smallest absolute Gasteiger partial charge is 0.303 e. The first-order valence-corrected chi connectivity index (χ1v) is 11.5. The normalized spacial score (nSPS) is 16.1. The molecule has 0 saturated heterocycles. The summed E-state index contributed by atoms with van der Waals surface area (Å²) in [7, 11) is 0. The number of carboxylic acids is 1. The number of aryl methyl sites for hydroxylation is 1. The van der Waals surface area contributed by atoms with Crippen molar-refractivity contribution in [3.05, 3.63) is 70.8 Å². The molecule has 1 atom stereocenters. The summed E-state index contributed by atoms with van der Waals surface area (Å²) >= 11 is 1.80. The summed E-state index contributed by atoms with van der Waals surface area (Å²) in [6.45, 7) is 3.61. The number of rotatable bonds is 11. The van der Waals surface area contributed by atoms with E-state index in [1.807, 2.05) is 36.4 Å². The number of aliphatic carboxylic acids is 1. The SMILES string of the molecule is CC(C)(O)c1ccccc1CCCSC(c1cccc(C=O)c1)C1(CC(=O)O)CC1. The topological polar surface area (TPSA) is 74.6 Å². The number of carboxylic acid groups (broad SMARTS) is 1. The second-order valence-corrected chi connectivity index (χ2v) is 10.0. The van der Waals surface area contributed by atoms with Gasteiger partial charge in [0.2, 0.25) is 0 Å². The summed E-state index contributed by atoms with van der Waals surface area (Å²) in [5, 5.41) is 19.9. The van der Waals surface area contributed by atoms with E-state index in [-0.39, 0.29) is 17.1 Å². The molecule has 30 heavy (non-hydrogen) atoms. The van der Waals surface area contributed by atoms with Gasteiger partial charge in [-0.25, -0.2) is 0 Å². The molecule has 1 fully saturated rings. The first kappa shape index (κ1) is 22.6. The number of aliphatic hydroxyl groups is 1. The molecular formula is C25H30O4S. The van der Waals surface area contributed by atoms with Crippen molar-refractivity contribution in [2.45, 2.75) is 56.8 Å². The van der Waals surface area contributed by atoms with Crippen molar-refractivity contribution in [1.82, 2.24) is 0 Å². The maximum atomic E-state index is 11.5. The van der Waals surface area contributed by atoms with E-state index in [0.29, 0.717) is 5.56 Å². The van der Waals surface area contributed by atoms with Gasteiger partial charge >= 0.3 is 5.97 Å². The predicted octanol–water partition coefficient (Wildman–Crippen LogP) is 5.39. The van der Waals surface area contributed by atoms with Crippen molar-refractivity contribution in [2.75, 3.05) is 5.75 Å². The lowest BCUT2D eigenvalue weighted by Crippen LogP contribution is -2.18. The molecule has 0 bridgehead atoms. The van der Waals surface area contributed by atoms with Gasteiger partial charge in [-0.15, -0.1) is 0 Å². The third kappa shape index (κ3) is 5.52. The van der Waals surface area contributed by atoms with Crippen molar-refractivity contribution in [2.24, 2.45) is 5.41 Å². The van der Waals surface area contributed by atoms with Gasteiger partial charge in [-0.1, -0.05) is 42.5 Å². The second-order valence-electron chi connectivity index (χ2n) is 8.79. The fraction of sp³-hybridized carbons (Fsp3) is 0.440. The van der Waals surface area contributed by atoms with Crippen molar-refractivity contribution in [3.63, 3.8) is 0 Å². The number of thioether (sulfide) groups is 1. The Morgan fingerprint density at radius 1 is 1.20 bits per heavy atom. The van der Waals surface area contributed by atoms with Crippen LogP contribution in [0.15, 0.2) is 48.5 Å². The van der Waals surface area contributed by atoms with E-state index in [0.717, 1.165) is 54.4 Å². The zero-order valence-electron chi connectivity index (χ0n) is 17.6. The van der Waals surface area contributed by atoms with Crippen LogP contribution in [0.2, 0.25) is 0 Å².